The molecule has 0 bridgehead atoms. The van der Waals surface area contributed by atoms with Crippen LogP contribution in [-0.4, -0.2) is 35.6 Å². The Morgan fingerprint density at radius 2 is 1.96 bits per heavy atom. The van der Waals surface area contributed by atoms with Crippen molar-refractivity contribution in [3.63, 3.8) is 0 Å². The fraction of sp³-hybridized carbons (Fsp3) is 0.474. The van der Waals surface area contributed by atoms with Gasteiger partial charge in [0.1, 0.15) is 0 Å². The molecule has 0 saturated heterocycles. The van der Waals surface area contributed by atoms with Crippen LogP contribution in [0.5, 0.6) is 0 Å². The zero-order valence-corrected chi connectivity index (χ0v) is 19.0. The second kappa shape index (κ2) is 10.3. The molecule has 1 aromatic carbocycles. The molecule has 26 heavy (non-hydrogen) atoms. The van der Waals surface area contributed by atoms with Gasteiger partial charge < -0.3 is 15.2 Å². The number of guanidine groups is 1. The predicted molar refractivity (Wildman–Crippen MR) is 121 cm³/mol. The van der Waals surface area contributed by atoms with Crippen molar-refractivity contribution in [2.24, 2.45) is 4.99 Å². The van der Waals surface area contributed by atoms with E-state index in [1.807, 2.05) is 19.6 Å². The second-order valence-electron chi connectivity index (χ2n) is 6.65. The average Bonchev–Trinajstić information content (AvgIpc) is 3.31. The van der Waals surface area contributed by atoms with Crippen LogP contribution in [0.4, 0.5) is 0 Å². The van der Waals surface area contributed by atoms with Gasteiger partial charge in [-0.05, 0) is 30.5 Å². The summed E-state index contributed by atoms with van der Waals surface area (Å²) in [5.74, 6) is 0.864. The van der Waals surface area contributed by atoms with Crippen molar-refractivity contribution in [2.75, 3.05) is 20.1 Å². The Labute approximate surface area is 181 Å². The average molecular weight is 532 g/mol. The third-order valence-electron chi connectivity index (χ3n) is 5.06. The Morgan fingerprint density at radius 3 is 2.58 bits per heavy atom. The molecule has 1 aliphatic carbocycles. The van der Waals surface area contributed by atoms with E-state index in [1.54, 1.807) is 6.20 Å². The van der Waals surface area contributed by atoms with Gasteiger partial charge in [-0.2, -0.15) is 0 Å². The Bertz CT molecular complexity index is 678. The molecular formula is C19H27BrIN5. The zero-order valence-electron chi connectivity index (χ0n) is 15.1. The monoisotopic (exact) mass is 531 g/mol. The van der Waals surface area contributed by atoms with Crippen LogP contribution in [-0.2, 0) is 12.0 Å². The van der Waals surface area contributed by atoms with Crippen molar-refractivity contribution in [3.8, 4) is 0 Å². The third-order valence-corrected chi connectivity index (χ3v) is 5.59. The standard InChI is InChI=1S/C19H26BrN5.HI/c1-21-18(23-11-13-25-12-10-22-15-25)24-14-19(8-2-3-9-19)16-4-6-17(20)7-5-16;/h4-7,10,12,15H,2-3,8-9,11,13-14H2,1H3,(H2,21,23,24);1H. The maximum atomic E-state index is 4.37. The van der Waals surface area contributed by atoms with Gasteiger partial charge in [0.2, 0.25) is 0 Å². The molecule has 1 aromatic heterocycles. The molecule has 2 N–H and O–H groups in total. The third kappa shape index (κ3) is 5.45. The van der Waals surface area contributed by atoms with Crippen LogP contribution in [0.2, 0.25) is 0 Å². The highest BCUT2D eigenvalue weighted by molar-refractivity contribution is 14.0. The van der Waals surface area contributed by atoms with Crippen molar-refractivity contribution in [2.45, 2.75) is 37.6 Å². The van der Waals surface area contributed by atoms with E-state index in [1.165, 1.54) is 31.2 Å². The van der Waals surface area contributed by atoms with Gasteiger partial charge in [0.05, 0.1) is 6.33 Å². The minimum absolute atomic E-state index is 0. The smallest absolute Gasteiger partial charge is 0.191 e. The van der Waals surface area contributed by atoms with E-state index < -0.39 is 0 Å². The van der Waals surface area contributed by atoms with Crippen molar-refractivity contribution in [1.29, 1.82) is 0 Å². The predicted octanol–water partition coefficient (Wildman–Crippen LogP) is 3.94. The summed E-state index contributed by atoms with van der Waals surface area (Å²) >= 11 is 3.54. The molecule has 0 radical (unpaired) electrons. The molecule has 142 valence electrons. The summed E-state index contributed by atoms with van der Waals surface area (Å²) in [7, 11) is 1.83. The first-order valence-electron chi connectivity index (χ1n) is 8.88. The van der Waals surface area contributed by atoms with Crippen LogP contribution >= 0.6 is 39.9 Å². The van der Waals surface area contributed by atoms with Gasteiger partial charge in [-0.1, -0.05) is 40.9 Å². The van der Waals surface area contributed by atoms with E-state index in [0.29, 0.717) is 0 Å². The molecule has 0 atom stereocenters. The molecule has 1 heterocycles. The highest BCUT2D eigenvalue weighted by Crippen LogP contribution is 2.40. The molecule has 0 spiro atoms. The largest absolute Gasteiger partial charge is 0.356 e. The lowest BCUT2D eigenvalue weighted by atomic mass is 9.79. The number of aromatic nitrogens is 2. The molecule has 1 aliphatic rings. The first kappa shape index (κ1) is 21.2. The number of nitrogens with one attached hydrogen (secondary N) is 2. The Kier molecular flexibility index (Phi) is 8.40. The number of aliphatic imine (C=N–C) groups is 1. The van der Waals surface area contributed by atoms with Crippen molar-refractivity contribution < 1.29 is 0 Å². The molecule has 1 saturated carbocycles. The van der Waals surface area contributed by atoms with Gasteiger partial charge in [-0.25, -0.2) is 4.98 Å². The Morgan fingerprint density at radius 1 is 1.23 bits per heavy atom. The lowest BCUT2D eigenvalue weighted by Crippen LogP contribution is -2.45. The van der Waals surface area contributed by atoms with Crippen LogP contribution < -0.4 is 10.6 Å². The molecule has 0 unspecified atom stereocenters. The summed E-state index contributed by atoms with van der Waals surface area (Å²) in [6, 6.07) is 8.81. The molecule has 5 nitrogen and oxygen atoms in total. The molecule has 3 rings (SSSR count). The van der Waals surface area contributed by atoms with E-state index in [2.05, 4.69) is 65.4 Å². The van der Waals surface area contributed by atoms with Crippen molar-refractivity contribution >= 4 is 45.9 Å². The maximum absolute atomic E-state index is 4.37. The minimum Gasteiger partial charge on any atom is -0.356 e. The van der Waals surface area contributed by atoms with Gasteiger partial charge >= 0.3 is 0 Å². The van der Waals surface area contributed by atoms with E-state index in [9.17, 15) is 0 Å². The second-order valence-corrected chi connectivity index (χ2v) is 7.56. The summed E-state index contributed by atoms with van der Waals surface area (Å²) < 4.78 is 3.19. The quantitative estimate of drug-likeness (QED) is 0.337. The number of hydrogen-bond donors (Lipinski definition) is 2. The zero-order chi connectivity index (χ0) is 17.5. The fourth-order valence-corrected chi connectivity index (χ4v) is 3.88. The number of hydrogen-bond acceptors (Lipinski definition) is 2. The van der Waals surface area contributed by atoms with Crippen LogP contribution in [0.25, 0.3) is 0 Å². The summed E-state index contributed by atoms with van der Waals surface area (Å²) in [6.45, 7) is 2.61. The normalized spacial score (nSPS) is 16.2. The van der Waals surface area contributed by atoms with E-state index in [-0.39, 0.29) is 29.4 Å². The Hall–Kier alpha value is -1.09. The van der Waals surface area contributed by atoms with Crippen LogP contribution in [0.1, 0.15) is 31.2 Å². The summed E-state index contributed by atoms with van der Waals surface area (Å²) in [5.41, 5.74) is 1.64. The summed E-state index contributed by atoms with van der Waals surface area (Å²) in [6.07, 6.45) is 10.7. The van der Waals surface area contributed by atoms with E-state index in [0.717, 1.165) is 30.1 Å². The minimum atomic E-state index is 0. The van der Waals surface area contributed by atoms with Crippen molar-refractivity contribution in [3.05, 3.63) is 53.0 Å². The maximum Gasteiger partial charge on any atom is 0.191 e. The lowest BCUT2D eigenvalue weighted by Gasteiger charge is -2.31. The van der Waals surface area contributed by atoms with Gasteiger partial charge in [0.15, 0.2) is 5.96 Å². The molecular weight excluding hydrogens is 505 g/mol. The van der Waals surface area contributed by atoms with E-state index in [4.69, 9.17) is 0 Å². The summed E-state index contributed by atoms with van der Waals surface area (Å²) in [4.78, 5) is 8.43. The fourth-order valence-electron chi connectivity index (χ4n) is 3.62. The van der Waals surface area contributed by atoms with Gasteiger partial charge in [0, 0.05) is 49.0 Å². The number of halogens is 2. The first-order chi connectivity index (χ1) is 12.2. The lowest BCUT2D eigenvalue weighted by molar-refractivity contribution is 0.431. The topological polar surface area (TPSA) is 54.2 Å². The van der Waals surface area contributed by atoms with E-state index >= 15 is 0 Å². The van der Waals surface area contributed by atoms with Crippen LogP contribution in [0, 0.1) is 0 Å². The van der Waals surface area contributed by atoms with Crippen LogP contribution in [0.15, 0.2) is 52.5 Å². The molecule has 1 fully saturated rings. The molecule has 0 aliphatic heterocycles. The Balaban J connectivity index is 0.00000243. The first-order valence-corrected chi connectivity index (χ1v) is 9.67. The van der Waals surface area contributed by atoms with Gasteiger partial charge in [-0.3, -0.25) is 4.99 Å². The number of imidazole rings is 1. The number of nitrogens with zero attached hydrogens (tertiary/aromatic N) is 3. The van der Waals surface area contributed by atoms with Crippen molar-refractivity contribution in [1.82, 2.24) is 20.2 Å². The molecule has 7 heteroatoms. The SMILES string of the molecule is CN=C(NCCn1ccnc1)NCC1(c2ccc(Br)cc2)CCCC1.I. The number of rotatable bonds is 6. The number of benzene rings is 1. The van der Waals surface area contributed by atoms with Gasteiger partial charge in [-0.15, -0.1) is 24.0 Å². The molecule has 2 aromatic rings. The highest BCUT2D eigenvalue weighted by Gasteiger charge is 2.35. The summed E-state index contributed by atoms with van der Waals surface area (Å²) in [5, 5.41) is 6.94. The molecule has 0 amide bonds. The highest BCUT2D eigenvalue weighted by atomic mass is 127. The van der Waals surface area contributed by atoms with Gasteiger partial charge in [0.25, 0.3) is 0 Å². The van der Waals surface area contributed by atoms with Crippen LogP contribution in [0.3, 0.4) is 0 Å².